The van der Waals surface area contributed by atoms with Crippen molar-refractivity contribution in [2.75, 3.05) is 19.0 Å². The Labute approximate surface area is 188 Å². The Morgan fingerprint density at radius 3 is 2.88 bits per heavy atom. The molecule has 0 bridgehead atoms. The van der Waals surface area contributed by atoms with E-state index in [1.807, 2.05) is 30.5 Å². The number of esters is 1. The molecule has 1 aliphatic heterocycles. The van der Waals surface area contributed by atoms with E-state index in [4.69, 9.17) is 14.2 Å². The molecule has 9 heteroatoms. The molecule has 0 spiro atoms. The zero-order valence-electron chi connectivity index (χ0n) is 17.5. The number of hydrogen-bond donors (Lipinski definition) is 1. The van der Waals surface area contributed by atoms with Gasteiger partial charge in [0.25, 0.3) is 0 Å². The second-order valence-electron chi connectivity index (χ2n) is 7.09. The molecule has 32 heavy (non-hydrogen) atoms. The molecule has 0 fully saturated rings. The van der Waals surface area contributed by atoms with Gasteiger partial charge in [-0.1, -0.05) is 6.07 Å². The Morgan fingerprint density at radius 2 is 2.09 bits per heavy atom. The minimum atomic E-state index is -0.784. The van der Waals surface area contributed by atoms with Crippen LogP contribution in [-0.2, 0) is 20.9 Å². The summed E-state index contributed by atoms with van der Waals surface area (Å²) in [5, 5.41) is 5.14. The lowest BCUT2D eigenvalue weighted by atomic mass is 9.90. The van der Waals surface area contributed by atoms with Gasteiger partial charge in [-0.25, -0.2) is 9.37 Å². The number of thiazole rings is 1. The number of fused-ring (bicyclic) bond motifs is 1. The van der Waals surface area contributed by atoms with Crippen molar-refractivity contribution in [3.8, 4) is 22.1 Å². The number of carbonyl (C=O) groups excluding carboxylic acids is 2. The number of halogens is 1. The summed E-state index contributed by atoms with van der Waals surface area (Å²) in [6.07, 6.45) is -0.0498. The molecule has 2 heterocycles. The van der Waals surface area contributed by atoms with Crippen molar-refractivity contribution < 1.29 is 28.2 Å². The van der Waals surface area contributed by atoms with Crippen LogP contribution in [0.3, 0.4) is 0 Å². The molecule has 0 saturated carbocycles. The molecule has 3 aromatic rings. The molecule has 1 N–H and O–H groups in total. The van der Waals surface area contributed by atoms with Gasteiger partial charge in [0.05, 0.1) is 25.3 Å². The Balaban J connectivity index is 1.45. The summed E-state index contributed by atoms with van der Waals surface area (Å²) in [4.78, 5) is 29.1. The van der Waals surface area contributed by atoms with Crippen LogP contribution in [0, 0.1) is 5.82 Å². The molecule has 2 aromatic carbocycles. The summed E-state index contributed by atoms with van der Waals surface area (Å²) in [6.45, 7) is 2.40. The number of nitrogens with zero attached hydrogens (tertiary/aromatic N) is 1. The molecule has 1 aromatic heterocycles. The average molecular weight is 456 g/mol. The molecule has 1 aliphatic rings. The van der Waals surface area contributed by atoms with Gasteiger partial charge in [0.2, 0.25) is 5.91 Å². The van der Waals surface area contributed by atoms with Gasteiger partial charge >= 0.3 is 5.97 Å². The summed E-state index contributed by atoms with van der Waals surface area (Å²) >= 11 is 1.41. The maximum absolute atomic E-state index is 13.5. The first-order valence-electron chi connectivity index (χ1n) is 10.00. The number of carbonyl (C=O) groups is 2. The number of rotatable bonds is 7. The first-order valence-corrected chi connectivity index (χ1v) is 10.9. The minimum absolute atomic E-state index is 0.0296. The highest BCUT2D eigenvalue weighted by Gasteiger charge is 2.32. The van der Waals surface area contributed by atoms with Crippen molar-refractivity contribution in [3.63, 3.8) is 0 Å². The van der Waals surface area contributed by atoms with Gasteiger partial charge in [-0.2, -0.15) is 0 Å². The molecule has 0 radical (unpaired) electrons. The Bertz CT molecular complexity index is 1160. The fourth-order valence-electron chi connectivity index (χ4n) is 3.47. The normalized spacial score (nSPS) is 15.0. The number of aromatic nitrogens is 1. The van der Waals surface area contributed by atoms with E-state index in [9.17, 15) is 14.0 Å². The number of hydrogen-bond acceptors (Lipinski definition) is 7. The van der Waals surface area contributed by atoms with Crippen LogP contribution in [-0.4, -0.2) is 30.6 Å². The van der Waals surface area contributed by atoms with Crippen LogP contribution in [0.2, 0.25) is 0 Å². The van der Waals surface area contributed by atoms with Crippen molar-refractivity contribution in [2.45, 2.75) is 25.9 Å². The number of nitrogens with one attached hydrogen (secondary N) is 1. The molecule has 166 valence electrons. The first kappa shape index (κ1) is 21.8. The molecule has 7 nitrogen and oxygen atoms in total. The highest BCUT2D eigenvalue weighted by Crippen LogP contribution is 2.35. The van der Waals surface area contributed by atoms with Crippen molar-refractivity contribution in [3.05, 3.63) is 58.9 Å². The van der Waals surface area contributed by atoms with Gasteiger partial charge in [-0.15, -0.1) is 11.3 Å². The highest BCUT2D eigenvalue weighted by molar-refractivity contribution is 7.13. The Morgan fingerprint density at radius 1 is 1.25 bits per heavy atom. The molecule has 0 saturated heterocycles. The summed E-state index contributed by atoms with van der Waals surface area (Å²) in [5.41, 5.74) is 2.28. The Hall–Kier alpha value is -3.46. The van der Waals surface area contributed by atoms with Crippen LogP contribution in [0.4, 0.5) is 10.1 Å². The molecular formula is C23H21FN2O5S. The zero-order valence-corrected chi connectivity index (χ0v) is 18.3. The number of amides is 1. The van der Waals surface area contributed by atoms with E-state index in [0.29, 0.717) is 35.1 Å². The van der Waals surface area contributed by atoms with E-state index in [0.717, 1.165) is 10.6 Å². The van der Waals surface area contributed by atoms with Crippen LogP contribution >= 0.6 is 11.3 Å². The van der Waals surface area contributed by atoms with E-state index >= 15 is 0 Å². The lowest BCUT2D eigenvalue weighted by molar-refractivity contribution is -0.148. The first-order chi connectivity index (χ1) is 15.5. The predicted molar refractivity (Wildman–Crippen MR) is 117 cm³/mol. The van der Waals surface area contributed by atoms with Crippen LogP contribution in [0.25, 0.3) is 10.6 Å². The maximum Gasteiger partial charge on any atom is 0.314 e. The molecule has 1 atom stereocenters. The third-order valence-corrected chi connectivity index (χ3v) is 5.90. The third kappa shape index (κ3) is 4.57. The van der Waals surface area contributed by atoms with Crippen molar-refractivity contribution in [2.24, 2.45) is 0 Å². The third-order valence-electron chi connectivity index (χ3n) is 4.96. The molecule has 1 unspecified atom stereocenters. The zero-order chi connectivity index (χ0) is 22.7. The van der Waals surface area contributed by atoms with E-state index in [-0.39, 0.29) is 18.9 Å². The van der Waals surface area contributed by atoms with Gasteiger partial charge in [0.15, 0.2) is 11.5 Å². The summed E-state index contributed by atoms with van der Waals surface area (Å²) in [7, 11) is 1.58. The number of ether oxygens (including phenoxy) is 3. The van der Waals surface area contributed by atoms with Crippen molar-refractivity contribution in [1.82, 2.24) is 4.98 Å². The lowest BCUT2D eigenvalue weighted by Crippen LogP contribution is -2.28. The highest BCUT2D eigenvalue weighted by atomic mass is 32.1. The predicted octanol–water partition coefficient (Wildman–Crippen LogP) is 4.53. The van der Waals surface area contributed by atoms with Crippen molar-refractivity contribution in [1.29, 1.82) is 0 Å². The minimum Gasteiger partial charge on any atom is -0.493 e. The molecule has 0 aliphatic carbocycles. The average Bonchev–Trinajstić information content (AvgIpc) is 3.26. The van der Waals surface area contributed by atoms with E-state index in [1.54, 1.807) is 7.11 Å². The topological polar surface area (TPSA) is 86.8 Å². The fourth-order valence-corrected chi connectivity index (χ4v) is 4.28. The van der Waals surface area contributed by atoms with E-state index in [1.165, 1.54) is 29.5 Å². The molecule has 1 amide bonds. The van der Waals surface area contributed by atoms with Gasteiger partial charge < -0.3 is 19.5 Å². The van der Waals surface area contributed by atoms with Gasteiger partial charge in [-0.05, 0) is 42.8 Å². The standard InChI is InChI=1S/C23H21FN2O5S/c1-3-30-19-7-4-13(8-20(19)29-2)22-25-15(12-32-22)11-31-23(28)17-10-21(27)26-18-9-14(24)5-6-16(17)18/h4-9,12,17H,3,10-11H2,1-2H3,(H,26,27). The van der Waals surface area contributed by atoms with Crippen LogP contribution in [0.15, 0.2) is 41.8 Å². The van der Waals surface area contributed by atoms with Gasteiger partial charge in [0.1, 0.15) is 17.4 Å². The molecular weight excluding hydrogens is 435 g/mol. The van der Waals surface area contributed by atoms with Crippen LogP contribution in [0.5, 0.6) is 11.5 Å². The second kappa shape index (κ2) is 9.35. The summed E-state index contributed by atoms with van der Waals surface area (Å²) < 4.78 is 29.8. The number of benzene rings is 2. The largest absolute Gasteiger partial charge is 0.493 e. The second-order valence-corrected chi connectivity index (χ2v) is 7.94. The van der Waals surface area contributed by atoms with Crippen molar-refractivity contribution >= 4 is 28.9 Å². The maximum atomic E-state index is 13.5. The van der Waals surface area contributed by atoms with Crippen LogP contribution in [0.1, 0.15) is 30.5 Å². The smallest absolute Gasteiger partial charge is 0.314 e. The van der Waals surface area contributed by atoms with Gasteiger partial charge in [0, 0.05) is 23.1 Å². The number of methoxy groups -OCH3 is 1. The fraction of sp³-hybridized carbons (Fsp3) is 0.261. The summed E-state index contributed by atoms with van der Waals surface area (Å²) in [5.74, 6) is -0.915. The molecule has 4 rings (SSSR count). The van der Waals surface area contributed by atoms with E-state index < -0.39 is 17.7 Å². The Kier molecular flexibility index (Phi) is 6.36. The monoisotopic (exact) mass is 456 g/mol. The number of anilines is 1. The van der Waals surface area contributed by atoms with Gasteiger partial charge in [-0.3, -0.25) is 9.59 Å². The summed E-state index contributed by atoms with van der Waals surface area (Å²) in [6, 6.07) is 9.51. The van der Waals surface area contributed by atoms with E-state index in [2.05, 4.69) is 10.3 Å². The van der Waals surface area contributed by atoms with Crippen LogP contribution < -0.4 is 14.8 Å². The quantitative estimate of drug-likeness (QED) is 0.526. The lowest BCUT2D eigenvalue weighted by Gasteiger charge is -2.24. The SMILES string of the molecule is CCOc1ccc(-c2nc(COC(=O)C3CC(=O)Nc4cc(F)ccc43)cs2)cc1OC.